The molecule has 1 N–H and O–H groups in total. The van der Waals surface area contributed by atoms with Crippen molar-refractivity contribution in [1.82, 2.24) is 15.1 Å². The maximum atomic E-state index is 12.4. The lowest BCUT2D eigenvalue weighted by Crippen LogP contribution is -2.52. The molecule has 0 aromatic rings. The Morgan fingerprint density at radius 1 is 1.37 bits per heavy atom. The van der Waals surface area contributed by atoms with Crippen molar-refractivity contribution in [3.8, 4) is 0 Å². The molecule has 2 unspecified atom stereocenters. The van der Waals surface area contributed by atoms with Crippen molar-refractivity contribution < 1.29 is 9.53 Å². The van der Waals surface area contributed by atoms with Gasteiger partial charge >= 0.3 is 0 Å². The summed E-state index contributed by atoms with van der Waals surface area (Å²) in [5, 5.41) is 3.24. The quantitative estimate of drug-likeness (QED) is 0.798. The van der Waals surface area contributed by atoms with Crippen LogP contribution in [0.1, 0.15) is 26.2 Å². The summed E-state index contributed by atoms with van der Waals surface area (Å²) in [5.41, 5.74) is 0. The van der Waals surface area contributed by atoms with Crippen LogP contribution >= 0.6 is 0 Å². The van der Waals surface area contributed by atoms with E-state index < -0.39 is 0 Å². The zero-order valence-corrected chi connectivity index (χ0v) is 12.2. The summed E-state index contributed by atoms with van der Waals surface area (Å²) in [7, 11) is 1.98. The SMILES string of the molecule is CNCC1CCCCN1CC(=O)N1CCOC(C)C1. The average Bonchev–Trinajstić information content (AvgIpc) is 2.41. The number of hydrogen-bond donors (Lipinski definition) is 1. The first kappa shape index (κ1) is 14.8. The van der Waals surface area contributed by atoms with Gasteiger partial charge in [0, 0.05) is 25.7 Å². The first-order valence-corrected chi connectivity index (χ1v) is 7.48. The van der Waals surface area contributed by atoms with Gasteiger partial charge < -0.3 is 15.0 Å². The van der Waals surface area contributed by atoms with Crippen LogP contribution in [0, 0.1) is 0 Å². The van der Waals surface area contributed by atoms with Gasteiger partial charge in [-0.1, -0.05) is 6.42 Å². The largest absolute Gasteiger partial charge is 0.375 e. The summed E-state index contributed by atoms with van der Waals surface area (Å²) < 4.78 is 5.49. The molecule has 2 atom stereocenters. The number of carbonyl (C=O) groups is 1. The van der Waals surface area contributed by atoms with Gasteiger partial charge in [0.2, 0.25) is 5.91 Å². The van der Waals surface area contributed by atoms with E-state index in [9.17, 15) is 4.79 Å². The van der Waals surface area contributed by atoms with Crippen LogP contribution in [0.3, 0.4) is 0 Å². The Balaban J connectivity index is 1.85. The van der Waals surface area contributed by atoms with Crippen molar-refractivity contribution in [2.24, 2.45) is 0 Å². The molecule has 110 valence electrons. The molecule has 1 amide bonds. The third-order valence-electron chi connectivity index (χ3n) is 4.12. The van der Waals surface area contributed by atoms with Crippen molar-refractivity contribution in [2.45, 2.75) is 38.3 Å². The second-order valence-corrected chi connectivity index (χ2v) is 5.70. The van der Waals surface area contributed by atoms with Gasteiger partial charge in [0.05, 0.1) is 19.3 Å². The van der Waals surface area contributed by atoms with E-state index in [1.807, 2.05) is 18.9 Å². The number of nitrogens with one attached hydrogen (secondary N) is 1. The molecule has 5 heteroatoms. The van der Waals surface area contributed by atoms with Gasteiger partial charge in [-0.05, 0) is 33.4 Å². The molecule has 19 heavy (non-hydrogen) atoms. The molecule has 2 heterocycles. The van der Waals surface area contributed by atoms with Gasteiger partial charge in [0.1, 0.15) is 0 Å². The minimum Gasteiger partial charge on any atom is -0.375 e. The second-order valence-electron chi connectivity index (χ2n) is 5.70. The summed E-state index contributed by atoms with van der Waals surface area (Å²) >= 11 is 0. The summed E-state index contributed by atoms with van der Waals surface area (Å²) in [4.78, 5) is 16.7. The predicted molar refractivity (Wildman–Crippen MR) is 75.1 cm³/mol. The average molecular weight is 269 g/mol. The van der Waals surface area contributed by atoms with Gasteiger partial charge in [0.15, 0.2) is 0 Å². The molecule has 0 aromatic carbocycles. The highest BCUT2D eigenvalue weighted by Crippen LogP contribution is 2.17. The molecule has 2 aliphatic rings. The van der Waals surface area contributed by atoms with Gasteiger partial charge in [-0.15, -0.1) is 0 Å². The minimum absolute atomic E-state index is 0.173. The molecule has 2 saturated heterocycles. The molecular weight excluding hydrogens is 242 g/mol. The first-order valence-electron chi connectivity index (χ1n) is 7.48. The van der Waals surface area contributed by atoms with Crippen molar-refractivity contribution >= 4 is 5.91 Å². The van der Waals surface area contributed by atoms with Crippen molar-refractivity contribution in [1.29, 1.82) is 0 Å². The Hall–Kier alpha value is -0.650. The van der Waals surface area contributed by atoms with Crippen LogP contribution in [0.25, 0.3) is 0 Å². The van der Waals surface area contributed by atoms with Crippen LogP contribution in [0.15, 0.2) is 0 Å². The minimum atomic E-state index is 0.173. The summed E-state index contributed by atoms with van der Waals surface area (Å²) in [6, 6.07) is 0.515. The Morgan fingerprint density at radius 3 is 2.95 bits per heavy atom. The Kier molecular flexibility index (Phi) is 5.60. The molecule has 2 aliphatic heterocycles. The van der Waals surface area contributed by atoms with Crippen LogP contribution in [-0.4, -0.2) is 74.2 Å². The number of piperidine rings is 1. The van der Waals surface area contributed by atoms with Crippen molar-refractivity contribution in [3.05, 3.63) is 0 Å². The van der Waals surface area contributed by atoms with Gasteiger partial charge in [0.25, 0.3) is 0 Å². The van der Waals surface area contributed by atoms with Gasteiger partial charge in [-0.2, -0.15) is 0 Å². The van der Waals surface area contributed by atoms with Crippen LogP contribution in [0.4, 0.5) is 0 Å². The van der Waals surface area contributed by atoms with E-state index >= 15 is 0 Å². The number of amides is 1. The van der Waals surface area contributed by atoms with E-state index in [2.05, 4.69) is 10.2 Å². The number of likely N-dealkylation sites (N-methyl/N-ethyl adjacent to an activating group) is 1. The highest BCUT2D eigenvalue weighted by molar-refractivity contribution is 5.78. The fraction of sp³-hybridized carbons (Fsp3) is 0.929. The van der Waals surface area contributed by atoms with E-state index in [0.717, 1.165) is 26.2 Å². The number of morpholine rings is 1. The van der Waals surface area contributed by atoms with Crippen molar-refractivity contribution in [2.75, 3.05) is 46.4 Å². The number of nitrogens with zero attached hydrogens (tertiary/aromatic N) is 2. The number of ether oxygens (including phenoxy) is 1. The maximum absolute atomic E-state index is 12.4. The lowest BCUT2D eigenvalue weighted by atomic mass is 10.0. The fourth-order valence-electron chi connectivity index (χ4n) is 3.05. The van der Waals surface area contributed by atoms with Crippen LogP contribution in [0.2, 0.25) is 0 Å². The molecule has 0 saturated carbocycles. The number of rotatable bonds is 4. The molecule has 2 fully saturated rings. The topological polar surface area (TPSA) is 44.8 Å². The van der Waals surface area contributed by atoms with Crippen molar-refractivity contribution in [3.63, 3.8) is 0 Å². The fourth-order valence-corrected chi connectivity index (χ4v) is 3.05. The Labute approximate surface area is 116 Å². The van der Waals surface area contributed by atoms with Gasteiger partial charge in [-0.25, -0.2) is 0 Å². The van der Waals surface area contributed by atoms with E-state index in [4.69, 9.17) is 4.74 Å². The molecular formula is C14H27N3O2. The summed E-state index contributed by atoms with van der Waals surface area (Å²) in [6.07, 6.45) is 3.87. The standard InChI is InChI=1S/C14H27N3O2/c1-12-10-17(7-8-19-12)14(18)11-16-6-4-3-5-13(16)9-15-2/h12-13,15H,3-11H2,1-2H3. The smallest absolute Gasteiger partial charge is 0.236 e. The van der Waals surface area contributed by atoms with Gasteiger partial charge in [-0.3, -0.25) is 9.69 Å². The molecule has 0 aliphatic carbocycles. The highest BCUT2D eigenvalue weighted by Gasteiger charge is 2.27. The Bertz CT molecular complexity index is 296. The van der Waals surface area contributed by atoms with E-state index in [0.29, 0.717) is 19.2 Å². The zero-order valence-electron chi connectivity index (χ0n) is 12.2. The molecule has 0 spiro atoms. The Morgan fingerprint density at radius 2 is 2.21 bits per heavy atom. The van der Waals surface area contributed by atoms with Crippen LogP contribution in [-0.2, 0) is 9.53 Å². The molecule has 0 bridgehead atoms. The number of likely N-dealkylation sites (tertiary alicyclic amines) is 1. The van der Waals surface area contributed by atoms with E-state index in [-0.39, 0.29) is 12.0 Å². The molecule has 0 radical (unpaired) electrons. The highest BCUT2D eigenvalue weighted by atomic mass is 16.5. The third-order valence-corrected chi connectivity index (χ3v) is 4.12. The normalized spacial score (nSPS) is 29.5. The van der Waals surface area contributed by atoms with E-state index in [1.54, 1.807) is 0 Å². The molecule has 5 nitrogen and oxygen atoms in total. The second kappa shape index (κ2) is 7.22. The third kappa shape index (κ3) is 4.16. The summed E-state index contributed by atoms with van der Waals surface area (Å²) in [5.74, 6) is 0.262. The van der Waals surface area contributed by atoms with Crippen LogP contribution < -0.4 is 5.32 Å². The summed E-state index contributed by atoms with van der Waals surface area (Å²) in [6.45, 7) is 6.79. The number of carbonyl (C=O) groups excluding carboxylic acids is 1. The first-order chi connectivity index (χ1) is 9.20. The molecule has 0 aromatic heterocycles. The zero-order chi connectivity index (χ0) is 13.7. The predicted octanol–water partition coefficient (Wildman–Crippen LogP) is 0.308. The lowest BCUT2D eigenvalue weighted by Gasteiger charge is -2.38. The lowest BCUT2D eigenvalue weighted by molar-refractivity contribution is -0.140. The van der Waals surface area contributed by atoms with Crippen LogP contribution in [0.5, 0.6) is 0 Å². The monoisotopic (exact) mass is 269 g/mol. The maximum Gasteiger partial charge on any atom is 0.236 e. The molecule has 2 rings (SSSR count). The van der Waals surface area contributed by atoms with E-state index in [1.165, 1.54) is 19.3 Å². The number of hydrogen-bond acceptors (Lipinski definition) is 4.